The SMILES string of the molecule is C=C(C)C(=O)OC(C)(C)OC(=O)N1C(N2CCN(C)CC2)=c2cc(C)sc2=Nc2ccccc21. The van der Waals surface area contributed by atoms with E-state index in [1.54, 1.807) is 23.2 Å². The van der Waals surface area contributed by atoms with Crippen LogP contribution in [0.15, 0.2) is 47.5 Å². The Kier molecular flexibility index (Phi) is 6.51. The van der Waals surface area contributed by atoms with Crippen molar-refractivity contribution >= 4 is 40.6 Å². The van der Waals surface area contributed by atoms with Crippen LogP contribution in [0.3, 0.4) is 0 Å². The summed E-state index contributed by atoms with van der Waals surface area (Å²) in [5.74, 6) is -1.39. The highest BCUT2D eigenvalue weighted by molar-refractivity contribution is 7.09. The zero-order chi connectivity index (χ0) is 24.6. The fourth-order valence-corrected chi connectivity index (χ4v) is 4.82. The van der Waals surface area contributed by atoms with Crippen molar-refractivity contribution in [2.45, 2.75) is 33.5 Å². The molecule has 0 unspecified atom stereocenters. The van der Waals surface area contributed by atoms with Crippen LogP contribution in [0.4, 0.5) is 16.2 Å². The van der Waals surface area contributed by atoms with Gasteiger partial charge in [-0.3, -0.25) is 0 Å². The van der Waals surface area contributed by atoms with Crippen molar-refractivity contribution in [1.29, 1.82) is 0 Å². The van der Waals surface area contributed by atoms with Gasteiger partial charge in [0.1, 0.15) is 10.5 Å². The van der Waals surface area contributed by atoms with Crippen molar-refractivity contribution in [1.82, 2.24) is 9.80 Å². The van der Waals surface area contributed by atoms with Crippen molar-refractivity contribution in [2.24, 2.45) is 4.99 Å². The van der Waals surface area contributed by atoms with Crippen molar-refractivity contribution in [3.05, 3.63) is 57.3 Å². The van der Waals surface area contributed by atoms with Crippen molar-refractivity contribution in [3.8, 4) is 0 Å². The summed E-state index contributed by atoms with van der Waals surface area (Å²) >= 11 is 1.59. The summed E-state index contributed by atoms with van der Waals surface area (Å²) in [6.45, 7) is 13.5. The molecular formula is C25H30N4O4S. The molecule has 0 N–H and O–H groups in total. The van der Waals surface area contributed by atoms with Gasteiger partial charge in [0.25, 0.3) is 5.79 Å². The van der Waals surface area contributed by atoms with Gasteiger partial charge < -0.3 is 19.3 Å². The number of amides is 1. The first kappa shape index (κ1) is 24.0. The number of likely N-dealkylation sites (N-methyl/N-ethyl adjacent to an activating group) is 1. The normalized spacial score (nSPS) is 16.2. The lowest BCUT2D eigenvalue weighted by Crippen LogP contribution is -2.52. The number of rotatable bonds is 4. The quantitative estimate of drug-likeness (QED) is 0.379. The van der Waals surface area contributed by atoms with Gasteiger partial charge in [0.2, 0.25) is 0 Å². The van der Waals surface area contributed by atoms with E-state index in [-0.39, 0.29) is 5.57 Å². The van der Waals surface area contributed by atoms with E-state index < -0.39 is 17.8 Å². The summed E-state index contributed by atoms with van der Waals surface area (Å²) in [5, 5.41) is 0.886. The Hall–Kier alpha value is -3.17. The van der Waals surface area contributed by atoms with Crippen LogP contribution in [0.25, 0.3) is 5.82 Å². The minimum Gasteiger partial charge on any atom is -0.420 e. The molecule has 0 atom stereocenters. The molecule has 2 aliphatic rings. The van der Waals surface area contributed by atoms with Gasteiger partial charge in [0, 0.05) is 50.5 Å². The van der Waals surface area contributed by atoms with Gasteiger partial charge in [-0.25, -0.2) is 19.5 Å². The lowest BCUT2D eigenvalue weighted by Gasteiger charge is -2.39. The van der Waals surface area contributed by atoms with E-state index >= 15 is 0 Å². The number of aryl methyl sites for hydroxylation is 1. The molecule has 3 heterocycles. The predicted octanol–water partition coefficient (Wildman–Crippen LogP) is 3.13. The molecule has 2 aliphatic heterocycles. The molecule has 34 heavy (non-hydrogen) atoms. The molecule has 1 aromatic heterocycles. The zero-order valence-electron chi connectivity index (χ0n) is 20.3. The Morgan fingerprint density at radius 3 is 2.47 bits per heavy atom. The molecule has 4 rings (SSSR count). The summed E-state index contributed by atoms with van der Waals surface area (Å²) in [6.07, 6.45) is -0.646. The fraction of sp³-hybridized carbons (Fsp3) is 0.400. The molecular weight excluding hydrogens is 452 g/mol. The number of nitrogens with zero attached hydrogens (tertiary/aromatic N) is 4. The van der Waals surface area contributed by atoms with Gasteiger partial charge in [0.05, 0.1) is 16.6 Å². The van der Waals surface area contributed by atoms with Crippen LogP contribution in [-0.4, -0.2) is 60.9 Å². The standard InChI is InChI=1S/C25H30N4O4S/c1-16(2)23(30)32-25(4,5)33-24(31)29-20-10-8-7-9-19(20)26-21-18(15-17(3)34-21)22(29)28-13-11-27(6)12-14-28/h7-10,15H,1,11-14H2,2-6H3. The van der Waals surface area contributed by atoms with Crippen LogP contribution >= 0.6 is 11.3 Å². The number of ether oxygens (including phenoxy) is 2. The Bertz CT molecular complexity index is 1260. The van der Waals surface area contributed by atoms with Crippen molar-refractivity contribution in [2.75, 3.05) is 38.1 Å². The van der Waals surface area contributed by atoms with E-state index in [2.05, 4.69) is 29.5 Å². The number of carbonyl (C=O) groups is 2. The molecule has 0 radical (unpaired) electrons. The number of fused-ring (bicyclic) bond motifs is 2. The summed E-state index contributed by atoms with van der Waals surface area (Å²) in [6, 6.07) is 9.56. The van der Waals surface area contributed by atoms with E-state index in [9.17, 15) is 9.59 Å². The maximum atomic E-state index is 13.8. The molecule has 1 fully saturated rings. The largest absolute Gasteiger partial charge is 0.423 e. The van der Waals surface area contributed by atoms with Crippen LogP contribution in [0.2, 0.25) is 0 Å². The molecule has 2 aromatic rings. The zero-order valence-corrected chi connectivity index (χ0v) is 21.1. The molecule has 0 saturated carbocycles. The Morgan fingerprint density at radius 2 is 1.79 bits per heavy atom. The summed E-state index contributed by atoms with van der Waals surface area (Å²) in [5.41, 5.74) is 1.51. The third-order valence-electron chi connectivity index (χ3n) is 5.64. The summed E-state index contributed by atoms with van der Waals surface area (Å²) < 4.78 is 12.0. The lowest BCUT2D eigenvalue weighted by atomic mass is 10.2. The number of hydrogen-bond acceptors (Lipinski definition) is 8. The van der Waals surface area contributed by atoms with Crippen LogP contribution in [0, 0.1) is 6.92 Å². The molecule has 0 aliphatic carbocycles. The van der Waals surface area contributed by atoms with E-state index in [1.807, 2.05) is 31.2 Å². The second-order valence-electron chi connectivity index (χ2n) is 9.06. The fourth-order valence-electron chi connectivity index (χ4n) is 3.94. The monoisotopic (exact) mass is 482 g/mol. The summed E-state index contributed by atoms with van der Waals surface area (Å²) in [4.78, 5) is 38.0. The Morgan fingerprint density at radius 1 is 1.12 bits per heavy atom. The number of esters is 1. The molecule has 1 saturated heterocycles. The molecule has 1 aromatic carbocycles. The van der Waals surface area contributed by atoms with Crippen LogP contribution in [-0.2, 0) is 14.3 Å². The Balaban J connectivity index is 1.84. The van der Waals surface area contributed by atoms with Crippen molar-refractivity contribution in [3.63, 3.8) is 0 Å². The first-order chi connectivity index (χ1) is 16.1. The van der Waals surface area contributed by atoms with E-state index in [0.29, 0.717) is 11.4 Å². The molecule has 0 spiro atoms. The van der Waals surface area contributed by atoms with E-state index in [4.69, 9.17) is 14.5 Å². The second-order valence-corrected chi connectivity index (χ2v) is 10.3. The third kappa shape index (κ3) is 4.85. The Labute approximate surface area is 203 Å². The first-order valence-corrected chi connectivity index (χ1v) is 12.0. The lowest BCUT2D eigenvalue weighted by molar-refractivity contribution is -0.189. The smallest absolute Gasteiger partial charge is 0.420 e. The van der Waals surface area contributed by atoms with Crippen LogP contribution in [0.5, 0.6) is 0 Å². The number of hydrogen-bond donors (Lipinski definition) is 0. The van der Waals surface area contributed by atoms with Gasteiger partial charge in [0.15, 0.2) is 0 Å². The first-order valence-electron chi connectivity index (χ1n) is 11.2. The number of carbonyl (C=O) groups excluding carboxylic acids is 2. The molecule has 8 nitrogen and oxygen atoms in total. The average Bonchev–Trinajstić information content (AvgIpc) is 3.05. The molecule has 1 amide bonds. The number of thiophene rings is 1. The van der Waals surface area contributed by atoms with Gasteiger partial charge in [-0.05, 0) is 39.1 Å². The maximum absolute atomic E-state index is 13.8. The van der Waals surface area contributed by atoms with Gasteiger partial charge >= 0.3 is 12.1 Å². The third-order valence-corrected chi connectivity index (χ3v) is 6.58. The highest BCUT2D eigenvalue weighted by Gasteiger charge is 2.36. The molecule has 0 bridgehead atoms. The van der Waals surface area contributed by atoms with E-state index in [1.165, 1.54) is 13.8 Å². The van der Waals surface area contributed by atoms with Crippen molar-refractivity contribution < 1.29 is 19.1 Å². The summed E-state index contributed by atoms with van der Waals surface area (Å²) in [7, 11) is 2.09. The highest BCUT2D eigenvalue weighted by Crippen LogP contribution is 2.35. The maximum Gasteiger partial charge on any atom is 0.423 e. The molecule has 180 valence electrons. The number of benzene rings is 1. The van der Waals surface area contributed by atoms with Crippen LogP contribution < -0.4 is 14.8 Å². The van der Waals surface area contributed by atoms with E-state index in [0.717, 1.165) is 46.8 Å². The minimum absolute atomic E-state index is 0.228. The number of para-hydroxylation sites is 2. The average molecular weight is 483 g/mol. The van der Waals surface area contributed by atoms with Gasteiger partial charge in [-0.1, -0.05) is 18.7 Å². The predicted molar refractivity (Wildman–Crippen MR) is 132 cm³/mol. The van der Waals surface area contributed by atoms with Gasteiger partial charge in [-0.15, -0.1) is 11.3 Å². The van der Waals surface area contributed by atoms with Crippen LogP contribution in [0.1, 0.15) is 25.6 Å². The number of piperazine rings is 1. The second kappa shape index (κ2) is 9.23. The van der Waals surface area contributed by atoms with Gasteiger partial charge in [-0.2, -0.15) is 0 Å². The number of anilines is 1. The molecule has 9 heteroatoms. The minimum atomic E-state index is -1.49. The topological polar surface area (TPSA) is 74.7 Å². The highest BCUT2D eigenvalue weighted by atomic mass is 32.1.